The van der Waals surface area contributed by atoms with Crippen LogP contribution in [0.15, 0.2) is 4.79 Å². The predicted molar refractivity (Wildman–Crippen MR) is 85.2 cm³/mol. The van der Waals surface area contributed by atoms with E-state index in [1.807, 2.05) is 4.90 Å². The van der Waals surface area contributed by atoms with Gasteiger partial charge in [0, 0.05) is 45.2 Å². The van der Waals surface area contributed by atoms with Gasteiger partial charge < -0.3 is 4.90 Å². The van der Waals surface area contributed by atoms with Gasteiger partial charge in [-0.2, -0.15) is 5.10 Å². The van der Waals surface area contributed by atoms with Crippen molar-refractivity contribution in [1.82, 2.24) is 24.1 Å². The molecule has 0 N–H and O–H groups in total. The quantitative estimate of drug-likeness (QED) is 0.791. The van der Waals surface area contributed by atoms with E-state index in [1.165, 1.54) is 17.5 Å². The van der Waals surface area contributed by atoms with Crippen LogP contribution in [0.25, 0.3) is 0 Å². The van der Waals surface area contributed by atoms with E-state index in [0.29, 0.717) is 0 Å². The Bertz CT molecular complexity index is 637. The van der Waals surface area contributed by atoms with Crippen molar-refractivity contribution in [1.29, 1.82) is 0 Å². The number of aryl methyl sites for hydroxylation is 1. The van der Waals surface area contributed by atoms with E-state index in [2.05, 4.69) is 10.00 Å². The minimum Gasteiger partial charge on any atom is -0.339 e. The first-order valence-electron chi connectivity index (χ1n) is 8.91. The standard InChI is InChI=1S/C16H25N5O2/c22-15(19-10-8-18(9-11-19)13-5-6-13)12-21-16(23)20-7-3-1-2-4-14(20)17-21/h13H,1-12H2. The number of carbonyl (C=O) groups excluding carboxylic acids is 1. The maximum absolute atomic E-state index is 12.5. The lowest BCUT2D eigenvalue weighted by Crippen LogP contribution is -2.50. The molecule has 126 valence electrons. The average Bonchev–Trinajstić information content (AvgIpc) is 3.38. The molecule has 1 aromatic heterocycles. The van der Waals surface area contributed by atoms with Crippen LogP contribution in [0.1, 0.15) is 37.9 Å². The number of rotatable bonds is 3. The fourth-order valence-corrected chi connectivity index (χ4v) is 3.73. The molecule has 1 aromatic rings. The number of carbonyl (C=O) groups is 1. The van der Waals surface area contributed by atoms with Gasteiger partial charge in [-0.15, -0.1) is 0 Å². The molecule has 23 heavy (non-hydrogen) atoms. The van der Waals surface area contributed by atoms with E-state index < -0.39 is 0 Å². The summed E-state index contributed by atoms with van der Waals surface area (Å²) in [7, 11) is 0. The van der Waals surface area contributed by atoms with Gasteiger partial charge in [0.05, 0.1) is 0 Å². The van der Waals surface area contributed by atoms with Crippen LogP contribution >= 0.6 is 0 Å². The summed E-state index contributed by atoms with van der Waals surface area (Å²) in [5.74, 6) is 0.870. The minimum atomic E-state index is -0.119. The number of piperazine rings is 1. The highest BCUT2D eigenvalue weighted by molar-refractivity contribution is 5.76. The van der Waals surface area contributed by atoms with Gasteiger partial charge in [0.1, 0.15) is 12.4 Å². The molecule has 0 atom stereocenters. The molecule has 0 radical (unpaired) electrons. The van der Waals surface area contributed by atoms with Gasteiger partial charge in [0.15, 0.2) is 0 Å². The Labute approximate surface area is 135 Å². The number of aromatic nitrogens is 3. The van der Waals surface area contributed by atoms with Gasteiger partial charge in [-0.05, 0) is 25.7 Å². The highest BCUT2D eigenvalue weighted by atomic mass is 16.2. The van der Waals surface area contributed by atoms with Crippen LogP contribution in [-0.2, 0) is 24.3 Å². The van der Waals surface area contributed by atoms with E-state index >= 15 is 0 Å². The highest BCUT2D eigenvalue weighted by Crippen LogP contribution is 2.27. The lowest BCUT2D eigenvalue weighted by atomic mass is 10.2. The van der Waals surface area contributed by atoms with E-state index in [0.717, 1.165) is 70.3 Å². The first-order valence-corrected chi connectivity index (χ1v) is 8.91. The van der Waals surface area contributed by atoms with E-state index in [4.69, 9.17) is 0 Å². The fraction of sp³-hybridized carbons (Fsp3) is 0.812. The maximum atomic E-state index is 12.5. The summed E-state index contributed by atoms with van der Waals surface area (Å²) in [6.07, 6.45) is 6.71. The zero-order valence-corrected chi connectivity index (χ0v) is 13.6. The molecule has 3 heterocycles. The fourth-order valence-electron chi connectivity index (χ4n) is 3.73. The normalized spacial score (nSPS) is 22.7. The summed E-state index contributed by atoms with van der Waals surface area (Å²) >= 11 is 0. The second-order valence-electron chi connectivity index (χ2n) is 6.97. The molecule has 3 aliphatic rings. The van der Waals surface area contributed by atoms with Crippen LogP contribution in [0.3, 0.4) is 0 Å². The first-order chi connectivity index (χ1) is 11.2. The minimum absolute atomic E-state index is 0.0239. The van der Waals surface area contributed by atoms with E-state index in [1.54, 1.807) is 4.57 Å². The Morgan fingerprint density at radius 3 is 2.57 bits per heavy atom. The van der Waals surface area contributed by atoms with Gasteiger partial charge >= 0.3 is 5.69 Å². The Kier molecular flexibility index (Phi) is 3.97. The van der Waals surface area contributed by atoms with Gasteiger partial charge in [-0.1, -0.05) is 6.42 Å². The topological polar surface area (TPSA) is 63.4 Å². The molecule has 1 saturated carbocycles. The van der Waals surface area contributed by atoms with Gasteiger partial charge in [-0.25, -0.2) is 9.48 Å². The van der Waals surface area contributed by atoms with Crippen molar-refractivity contribution in [3.8, 4) is 0 Å². The molecule has 0 unspecified atom stereocenters. The van der Waals surface area contributed by atoms with Crippen LogP contribution < -0.4 is 5.69 Å². The third-order valence-corrected chi connectivity index (χ3v) is 5.30. The molecule has 0 bridgehead atoms. The lowest BCUT2D eigenvalue weighted by molar-refractivity contribution is -0.133. The largest absolute Gasteiger partial charge is 0.346 e. The molecule has 1 amide bonds. The Balaban J connectivity index is 1.40. The van der Waals surface area contributed by atoms with Gasteiger partial charge in [-0.3, -0.25) is 14.3 Å². The number of fused-ring (bicyclic) bond motifs is 1. The van der Waals surface area contributed by atoms with Crippen molar-refractivity contribution in [2.45, 2.75) is 57.7 Å². The third-order valence-electron chi connectivity index (χ3n) is 5.30. The summed E-state index contributed by atoms with van der Waals surface area (Å²) in [5, 5.41) is 4.41. The Hall–Kier alpha value is -1.63. The molecule has 1 saturated heterocycles. The van der Waals surface area contributed by atoms with Crippen molar-refractivity contribution in [2.75, 3.05) is 26.2 Å². The summed E-state index contributed by atoms with van der Waals surface area (Å²) in [6.45, 7) is 4.30. The van der Waals surface area contributed by atoms with Crippen molar-refractivity contribution < 1.29 is 4.79 Å². The number of hydrogen-bond donors (Lipinski definition) is 0. The van der Waals surface area contributed by atoms with Crippen LogP contribution in [0.4, 0.5) is 0 Å². The smallest absolute Gasteiger partial charge is 0.339 e. The summed E-state index contributed by atoms with van der Waals surface area (Å²) in [4.78, 5) is 29.3. The highest BCUT2D eigenvalue weighted by Gasteiger charge is 2.32. The molecule has 1 aliphatic carbocycles. The average molecular weight is 319 g/mol. The summed E-state index contributed by atoms with van der Waals surface area (Å²) in [6, 6.07) is 0.763. The van der Waals surface area contributed by atoms with Crippen LogP contribution in [-0.4, -0.2) is 62.3 Å². The molecule has 2 aliphatic heterocycles. The second-order valence-corrected chi connectivity index (χ2v) is 6.97. The lowest BCUT2D eigenvalue weighted by Gasteiger charge is -2.34. The number of hydrogen-bond acceptors (Lipinski definition) is 4. The SMILES string of the molecule is O=C(Cn1nc2n(c1=O)CCCCC2)N1CCN(C2CC2)CC1. The number of nitrogens with zero attached hydrogens (tertiary/aromatic N) is 5. The Morgan fingerprint density at radius 1 is 1.04 bits per heavy atom. The maximum Gasteiger partial charge on any atom is 0.346 e. The monoisotopic (exact) mass is 319 g/mol. The van der Waals surface area contributed by atoms with Gasteiger partial charge in [0.2, 0.25) is 5.91 Å². The van der Waals surface area contributed by atoms with Crippen LogP contribution in [0.5, 0.6) is 0 Å². The van der Waals surface area contributed by atoms with E-state index in [9.17, 15) is 9.59 Å². The third kappa shape index (κ3) is 3.06. The van der Waals surface area contributed by atoms with Crippen molar-refractivity contribution >= 4 is 5.91 Å². The molecule has 2 fully saturated rings. The van der Waals surface area contributed by atoms with Crippen LogP contribution in [0.2, 0.25) is 0 Å². The molecular weight excluding hydrogens is 294 g/mol. The van der Waals surface area contributed by atoms with Crippen molar-refractivity contribution in [2.24, 2.45) is 0 Å². The summed E-state index contributed by atoms with van der Waals surface area (Å²) in [5.41, 5.74) is -0.119. The number of amides is 1. The molecular formula is C16H25N5O2. The van der Waals surface area contributed by atoms with Crippen molar-refractivity contribution in [3.63, 3.8) is 0 Å². The predicted octanol–water partition coefficient (Wildman–Crippen LogP) is 0.0778. The van der Waals surface area contributed by atoms with Crippen molar-refractivity contribution in [3.05, 3.63) is 16.3 Å². The Morgan fingerprint density at radius 2 is 1.83 bits per heavy atom. The van der Waals surface area contributed by atoms with Crippen LogP contribution in [0, 0.1) is 0 Å². The molecule has 7 nitrogen and oxygen atoms in total. The molecule has 0 spiro atoms. The van der Waals surface area contributed by atoms with Gasteiger partial charge in [0.25, 0.3) is 0 Å². The zero-order valence-electron chi connectivity index (χ0n) is 13.6. The molecule has 0 aromatic carbocycles. The molecule has 4 rings (SSSR count). The molecule has 7 heteroatoms. The summed E-state index contributed by atoms with van der Waals surface area (Å²) < 4.78 is 3.13. The second kappa shape index (κ2) is 6.11. The zero-order chi connectivity index (χ0) is 15.8. The van der Waals surface area contributed by atoms with E-state index in [-0.39, 0.29) is 18.1 Å². The first kappa shape index (κ1) is 14.9.